The number of aromatic nitrogens is 4. The Morgan fingerprint density at radius 2 is 2.10 bits per heavy atom. The molecular weight excluding hydrogens is 274 g/mol. The highest BCUT2D eigenvalue weighted by Gasteiger charge is 2.23. The standard InChI is InChI=1S/C13H19N5OS/c1-8(2)18-12(19)16-17-13(18)20-11(9(3)14)10-6-4-5-7-15-10/h4-9,11H,14H2,1-3H3,(H,16,19). The highest BCUT2D eigenvalue weighted by Crippen LogP contribution is 2.35. The summed E-state index contributed by atoms with van der Waals surface area (Å²) in [5, 5.41) is 7.16. The molecule has 2 unspecified atom stereocenters. The molecule has 0 radical (unpaired) electrons. The van der Waals surface area contributed by atoms with Gasteiger partial charge in [-0.15, -0.1) is 5.10 Å². The molecule has 0 fully saturated rings. The third-order valence-corrected chi connectivity index (χ3v) is 4.30. The summed E-state index contributed by atoms with van der Waals surface area (Å²) in [5.41, 5.74) is 6.75. The van der Waals surface area contributed by atoms with Gasteiger partial charge in [0.15, 0.2) is 5.16 Å². The van der Waals surface area contributed by atoms with Gasteiger partial charge < -0.3 is 5.73 Å². The van der Waals surface area contributed by atoms with Crippen molar-refractivity contribution in [1.29, 1.82) is 0 Å². The van der Waals surface area contributed by atoms with E-state index in [0.717, 1.165) is 5.69 Å². The second kappa shape index (κ2) is 6.23. The van der Waals surface area contributed by atoms with Crippen LogP contribution in [0, 0.1) is 0 Å². The zero-order valence-electron chi connectivity index (χ0n) is 11.8. The summed E-state index contributed by atoms with van der Waals surface area (Å²) in [5.74, 6) is 0. The minimum absolute atomic E-state index is 0.0428. The molecule has 2 rings (SSSR count). The molecule has 20 heavy (non-hydrogen) atoms. The molecule has 2 aromatic rings. The summed E-state index contributed by atoms with van der Waals surface area (Å²) in [6.07, 6.45) is 1.74. The second-order valence-corrected chi connectivity index (χ2v) is 6.04. The Bertz CT molecular complexity index is 605. The van der Waals surface area contributed by atoms with E-state index in [1.54, 1.807) is 10.8 Å². The van der Waals surface area contributed by atoms with Crippen LogP contribution in [0.4, 0.5) is 0 Å². The molecule has 0 aliphatic heterocycles. The average molecular weight is 293 g/mol. The van der Waals surface area contributed by atoms with E-state index in [1.165, 1.54) is 11.8 Å². The first-order valence-corrected chi connectivity index (χ1v) is 7.38. The van der Waals surface area contributed by atoms with Crippen molar-refractivity contribution in [2.24, 2.45) is 5.73 Å². The lowest BCUT2D eigenvalue weighted by atomic mass is 10.2. The molecule has 7 heteroatoms. The van der Waals surface area contributed by atoms with E-state index in [-0.39, 0.29) is 23.0 Å². The number of hydrogen-bond donors (Lipinski definition) is 2. The van der Waals surface area contributed by atoms with Gasteiger partial charge in [-0.25, -0.2) is 9.89 Å². The lowest BCUT2D eigenvalue weighted by molar-refractivity contribution is 0.532. The molecule has 0 bridgehead atoms. The third-order valence-electron chi connectivity index (χ3n) is 2.88. The zero-order chi connectivity index (χ0) is 14.7. The fraction of sp³-hybridized carbons (Fsp3) is 0.462. The van der Waals surface area contributed by atoms with Crippen molar-refractivity contribution in [1.82, 2.24) is 19.7 Å². The Labute approximate surface area is 121 Å². The van der Waals surface area contributed by atoms with E-state index in [9.17, 15) is 4.79 Å². The Balaban J connectivity index is 2.33. The van der Waals surface area contributed by atoms with Gasteiger partial charge in [0, 0.05) is 18.3 Å². The van der Waals surface area contributed by atoms with Crippen LogP contribution in [0.15, 0.2) is 34.3 Å². The van der Waals surface area contributed by atoms with E-state index in [1.807, 2.05) is 39.0 Å². The first-order chi connectivity index (χ1) is 9.50. The number of hydrogen-bond acceptors (Lipinski definition) is 5. The number of thioether (sulfide) groups is 1. The fourth-order valence-electron chi connectivity index (χ4n) is 1.92. The molecule has 0 aromatic carbocycles. The van der Waals surface area contributed by atoms with Crippen LogP contribution in [0.25, 0.3) is 0 Å². The predicted octanol–water partition coefficient (Wildman–Crippen LogP) is 1.73. The van der Waals surface area contributed by atoms with Crippen molar-refractivity contribution in [3.8, 4) is 0 Å². The highest BCUT2D eigenvalue weighted by atomic mass is 32.2. The maximum absolute atomic E-state index is 11.8. The molecule has 6 nitrogen and oxygen atoms in total. The second-order valence-electron chi connectivity index (χ2n) is 4.93. The van der Waals surface area contributed by atoms with Gasteiger partial charge in [-0.2, -0.15) is 0 Å². The van der Waals surface area contributed by atoms with Gasteiger partial charge in [0.05, 0.1) is 10.9 Å². The summed E-state index contributed by atoms with van der Waals surface area (Å²) in [6, 6.07) is 5.66. The van der Waals surface area contributed by atoms with Gasteiger partial charge in [0.1, 0.15) is 0 Å². The van der Waals surface area contributed by atoms with Crippen molar-refractivity contribution < 1.29 is 0 Å². The van der Waals surface area contributed by atoms with Crippen molar-refractivity contribution >= 4 is 11.8 Å². The molecule has 0 amide bonds. The Hall–Kier alpha value is -1.60. The summed E-state index contributed by atoms with van der Waals surface area (Å²) >= 11 is 1.46. The highest BCUT2D eigenvalue weighted by molar-refractivity contribution is 7.99. The van der Waals surface area contributed by atoms with Crippen LogP contribution < -0.4 is 11.4 Å². The van der Waals surface area contributed by atoms with Crippen LogP contribution in [-0.4, -0.2) is 25.8 Å². The topological polar surface area (TPSA) is 89.6 Å². The number of aromatic amines is 1. The zero-order valence-corrected chi connectivity index (χ0v) is 12.6. The monoisotopic (exact) mass is 293 g/mol. The SMILES string of the molecule is CC(N)C(Sc1n[nH]c(=O)n1C(C)C)c1ccccn1. The quantitative estimate of drug-likeness (QED) is 0.819. The lowest BCUT2D eigenvalue weighted by Gasteiger charge is -2.20. The molecule has 2 atom stereocenters. The number of rotatable bonds is 5. The minimum atomic E-state index is -0.202. The summed E-state index contributed by atoms with van der Waals surface area (Å²) in [7, 11) is 0. The van der Waals surface area contributed by atoms with E-state index >= 15 is 0 Å². The first kappa shape index (κ1) is 14.8. The van der Waals surface area contributed by atoms with Crippen LogP contribution in [0.2, 0.25) is 0 Å². The van der Waals surface area contributed by atoms with Gasteiger partial charge in [0.25, 0.3) is 0 Å². The smallest absolute Gasteiger partial charge is 0.327 e. The Morgan fingerprint density at radius 1 is 1.35 bits per heavy atom. The molecule has 0 spiro atoms. The van der Waals surface area contributed by atoms with Crippen LogP contribution in [0.1, 0.15) is 37.8 Å². The van der Waals surface area contributed by atoms with Gasteiger partial charge in [-0.3, -0.25) is 9.55 Å². The van der Waals surface area contributed by atoms with Crippen LogP contribution in [0.3, 0.4) is 0 Å². The Kier molecular flexibility index (Phi) is 4.61. The van der Waals surface area contributed by atoms with Crippen LogP contribution >= 0.6 is 11.8 Å². The van der Waals surface area contributed by atoms with Gasteiger partial charge in [-0.1, -0.05) is 17.8 Å². The van der Waals surface area contributed by atoms with Crippen LogP contribution in [0.5, 0.6) is 0 Å². The van der Waals surface area contributed by atoms with Crippen molar-refractivity contribution in [3.63, 3.8) is 0 Å². The fourth-order valence-corrected chi connectivity index (χ4v) is 3.13. The molecule has 108 valence electrons. The summed E-state index contributed by atoms with van der Waals surface area (Å²) in [6.45, 7) is 5.82. The molecule has 0 saturated heterocycles. The number of nitrogens with one attached hydrogen (secondary N) is 1. The lowest BCUT2D eigenvalue weighted by Crippen LogP contribution is -2.25. The number of H-pyrrole nitrogens is 1. The van der Waals surface area contributed by atoms with Gasteiger partial charge >= 0.3 is 5.69 Å². The predicted molar refractivity (Wildman–Crippen MR) is 79.7 cm³/mol. The first-order valence-electron chi connectivity index (χ1n) is 6.50. The van der Waals surface area contributed by atoms with E-state index in [0.29, 0.717) is 5.16 Å². The molecule has 0 aliphatic rings. The van der Waals surface area contributed by atoms with E-state index < -0.39 is 0 Å². The number of pyridine rings is 1. The van der Waals surface area contributed by atoms with Crippen molar-refractivity contribution in [2.75, 3.05) is 0 Å². The number of nitrogens with two attached hydrogens (primary N) is 1. The summed E-state index contributed by atoms with van der Waals surface area (Å²) < 4.78 is 1.63. The molecule has 3 N–H and O–H groups in total. The molecule has 2 aromatic heterocycles. The normalized spacial score (nSPS) is 14.4. The van der Waals surface area contributed by atoms with Gasteiger partial charge in [0.2, 0.25) is 0 Å². The maximum atomic E-state index is 11.8. The molecule has 0 saturated carbocycles. The van der Waals surface area contributed by atoms with E-state index in [4.69, 9.17) is 5.73 Å². The van der Waals surface area contributed by atoms with Crippen LogP contribution in [-0.2, 0) is 0 Å². The van der Waals surface area contributed by atoms with E-state index in [2.05, 4.69) is 15.2 Å². The molecule has 2 heterocycles. The Morgan fingerprint density at radius 3 is 2.65 bits per heavy atom. The third kappa shape index (κ3) is 3.10. The summed E-state index contributed by atoms with van der Waals surface area (Å²) in [4.78, 5) is 16.1. The molecule has 0 aliphatic carbocycles. The van der Waals surface area contributed by atoms with Gasteiger partial charge in [-0.05, 0) is 32.9 Å². The maximum Gasteiger partial charge on any atom is 0.344 e. The minimum Gasteiger partial charge on any atom is -0.327 e. The van der Waals surface area contributed by atoms with Crippen molar-refractivity contribution in [3.05, 3.63) is 40.6 Å². The molecular formula is C13H19N5OS. The number of nitrogens with zero attached hydrogens (tertiary/aromatic N) is 3. The average Bonchev–Trinajstić information content (AvgIpc) is 2.77. The van der Waals surface area contributed by atoms with Crippen molar-refractivity contribution in [2.45, 2.75) is 43.3 Å². The largest absolute Gasteiger partial charge is 0.344 e.